The zero-order valence-corrected chi connectivity index (χ0v) is 10.4. The molecule has 0 spiro atoms. The van der Waals surface area contributed by atoms with Gasteiger partial charge in [0.1, 0.15) is 5.76 Å². The summed E-state index contributed by atoms with van der Waals surface area (Å²) in [6.45, 7) is 6.31. The third-order valence-corrected chi connectivity index (χ3v) is 2.88. The average Bonchev–Trinajstić information content (AvgIpc) is 2.67. The van der Waals surface area contributed by atoms with Crippen LogP contribution < -0.4 is 5.73 Å². The summed E-state index contributed by atoms with van der Waals surface area (Å²) in [5, 5.41) is 0. The van der Waals surface area contributed by atoms with Gasteiger partial charge in [0, 0.05) is 26.1 Å². The average molecular weight is 224 g/mol. The second kappa shape index (κ2) is 5.16. The molecule has 2 N–H and O–H groups in total. The van der Waals surface area contributed by atoms with Crippen molar-refractivity contribution in [3.05, 3.63) is 23.2 Å². The van der Waals surface area contributed by atoms with E-state index in [0.717, 1.165) is 17.7 Å². The van der Waals surface area contributed by atoms with Crippen LogP contribution in [0.5, 0.6) is 0 Å². The van der Waals surface area contributed by atoms with Crippen molar-refractivity contribution >= 4 is 5.91 Å². The van der Waals surface area contributed by atoms with E-state index in [2.05, 4.69) is 0 Å². The standard InChI is InChI=1S/C12H20N2O2/c1-5-10-8(2)6-11(16-10)12(15)14(4)9(3)7-13/h6,9H,5,7,13H2,1-4H3. The predicted octanol–water partition coefficient (Wildman–Crippen LogP) is 1.57. The molecule has 90 valence electrons. The van der Waals surface area contributed by atoms with Gasteiger partial charge in [0.05, 0.1) is 0 Å². The summed E-state index contributed by atoms with van der Waals surface area (Å²) >= 11 is 0. The molecule has 1 aromatic rings. The van der Waals surface area contributed by atoms with Crippen molar-refractivity contribution in [2.75, 3.05) is 13.6 Å². The highest BCUT2D eigenvalue weighted by atomic mass is 16.4. The van der Waals surface area contributed by atoms with E-state index in [1.165, 1.54) is 0 Å². The van der Waals surface area contributed by atoms with Crippen LogP contribution in [0, 0.1) is 6.92 Å². The van der Waals surface area contributed by atoms with E-state index >= 15 is 0 Å². The molecule has 1 amide bonds. The fraction of sp³-hybridized carbons (Fsp3) is 0.583. The van der Waals surface area contributed by atoms with Gasteiger partial charge in [-0.25, -0.2) is 0 Å². The van der Waals surface area contributed by atoms with Gasteiger partial charge in [-0.1, -0.05) is 6.92 Å². The smallest absolute Gasteiger partial charge is 0.289 e. The Morgan fingerprint density at radius 2 is 2.25 bits per heavy atom. The Hall–Kier alpha value is -1.29. The van der Waals surface area contributed by atoms with Crippen LogP contribution in [0.25, 0.3) is 0 Å². The number of rotatable bonds is 4. The van der Waals surface area contributed by atoms with E-state index in [4.69, 9.17) is 10.2 Å². The largest absolute Gasteiger partial charge is 0.456 e. The minimum atomic E-state index is -0.110. The van der Waals surface area contributed by atoms with Crippen LogP contribution in [-0.4, -0.2) is 30.4 Å². The molecule has 1 atom stereocenters. The first-order valence-electron chi connectivity index (χ1n) is 5.57. The first-order chi connectivity index (χ1) is 7.51. The monoisotopic (exact) mass is 224 g/mol. The maximum absolute atomic E-state index is 12.0. The van der Waals surface area contributed by atoms with Gasteiger partial charge < -0.3 is 15.1 Å². The number of hydrogen-bond donors (Lipinski definition) is 1. The molecule has 0 saturated heterocycles. The molecule has 0 fully saturated rings. The molecule has 0 aromatic carbocycles. The molecule has 1 heterocycles. The number of aryl methyl sites for hydroxylation is 2. The van der Waals surface area contributed by atoms with Gasteiger partial charge in [0.15, 0.2) is 5.76 Å². The van der Waals surface area contributed by atoms with Crippen LogP contribution in [0.15, 0.2) is 10.5 Å². The van der Waals surface area contributed by atoms with Gasteiger partial charge in [-0.3, -0.25) is 4.79 Å². The normalized spacial score (nSPS) is 12.6. The van der Waals surface area contributed by atoms with Crippen LogP contribution in [0.3, 0.4) is 0 Å². The number of amides is 1. The Morgan fingerprint density at radius 3 is 2.69 bits per heavy atom. The SMILES string of the molecule is CCc1oc(C(=O)N(C)C(C)CN)cc1C. The highest BCUT2D eigenvalue weighted by Gasteiger charge is 2.20. The fourth-order valence-electron chi connectivity index (χ4n) is 1.51. The fourth-order valence-corrected chi connectivity index (χ4v) is 1.51. The first-order valence-corrected chi connectivity index (χ1v) is 5.57. The second-order valence-corrected chi connectivity index (χ2v) is 4.07. The highest BCUT2D eigenvalue weighted by Crippen LogP contribution is 2.17. The molecule has 0 aliphatic heterocycles. The number of carbonyl (C=O) groups is 1. The maximum Gasteiger partial charge on any atom is 0.289 e. The Morgan fingerprint density at radius 1 is 1.62 bits per heavy atom. The second-order valence-electron chi connectivity index (χ2n) is 4.07. The Balaban J connectivity index is 2.88. The lowest BCUT2D eigenvalue weighted by Crippen LogP contribution is -2.39. The third kappa shape index (κ3) is 2.44. The quantitative estimate of drug-likeness (QED) is 0.844. The predicted molar refractivity (Wildman–Crippen MR) is 63.4 cm³/mol. The van der Waals surface area contributed by atoms with E-state index in [9.17, 15) is 4.79 Å². The van der Waals surface area contributed by atoms with E-state index in [-0.39, 0.29) is 11.9 Å². The van der Waals surface area contributed by atoms with Crippen LogP contribution in [0.4, 0.5) is 0 Å². The number of hydrogen-bond acceptors (Lipinski definition) is 3. The summed E-state index contributed by atoms with van der Waals surface area (Å²) in [6.07, 6.45) is 0.801. The van der Waals surface area contributed by atoms with Crippen LogP contribution in [0.1, 0.15) is 35.7 Å². The van der Waals surface area contributed by atoms with E-state index < -0.39 is 0 Å². The molecule has 0 bridgehead atoms. The Labute approximate surface area is 96.4 Å². The van der Waals surface area contributed by atoms with Crippen LogP contribution >= 0.6 is 0 Å². The molecule has 0 saturated carbocycles. The van der Waals surface area contributed by atoms with E-state index in [0.29, 0.717) is 12.3 Å². The van der Waals surface area contributed by atoms with Gasteiger partial charge >= 0.3 is 0 Å². The Bertz CT molecular complexity index is 371. The van der Waals surface area contributed by atoms with Gasteiger partial charge in [-0.05, 0) is 25.5 Å². The molecule has 0 aliphatic carbocycles. The van der Waals surface area contributed by atoms with E-state index in [1.807, 2.05) is 20.8 Å². The summed E-state index contributed by atoms with van der Waals surface area (Å²) in [7, 11) is 1.74. The molecule has 16 heavy (non-hydrogen) atoms. The van der Waals surface area contributed by atoms with Crippen LogP contribution in [0.2, 0.25) is 0 Å². The zero-order valence-electron chi connectivity index (χ0n) is 10.4. The third-order valence-electron chi connectivity index (χ3n) is 2.88. The lowest BCUT2D eigenvalue weighted by molar-refractivity contribution is 0.0714. The van der Waals surface area contributed by atoms with Crippen molar-refractivity contribution in [2.24, 2.45) is 5.73 Å². The Kier molecular flexibility index (Phi) is 4.12. The molecule has 1 aromatic heterocycles. The lowest BCUT2D eigenvalue weighted by atomic mass is 10.2. The van der Waals surface area contributed by atoms with Crippen LogP contribution in [-0.2, 0) is 6.42 Å². The number of nitrogens with zero attached hydrogens (tertiary/aromatic N) is 1. The van der Waals surface area contributed by atoms with Crippen molar-refractivity contribution in [1.82, 2.24) is 4.90 Å². The summed E-state index contributed by atoms with van der Waals surface area (Å²) in [5.74, 6) is 1.16. The lowest BCUT2D eigenvalue weighted by Gasteiger charge is -2.22. The molecule has 1 unspecified atom stereocenters. The summed E-state index contributed by atoms with van der Waals surface area (Å²) in [5.41, 5.74) is 6.55. The molecular formula is C12H20N2O2. The molecule has 4 heteroatoms. The van der Waals surface area contributed by atoms with Crippen molar-refractivity contribution in [2.45, 2.75) is 33.2 Å². The number of likely N-dealkylation sites (N-methyl/N-ethyl adjacent to an activating group) is 1. The maximum atomic E-state index is 12.0. The van der Waals surface area contributed by atoms with Crippen molar-refractivity contribution in [1.29, 1.82) is 0 Å². The number of furan rings is 1. The zero-order chi connectivity index (χ0) is 12.3. The van der Waals surface area contributed by atoms with E-state index in [1.54, 1.807) is 18.0 Å². The molecule has 0 radical (unpaired) electrons. The minimum Gasteiger partial charge on any atom is -0.456 e. The van der Waals surface area contributed by atoms with Crippen molar-refractivity contribution < 1.29 is 9.21 Å². The van der Waals surface area contributed by atoms with Gasteiger partial charge in [-0.15, -0.1) is 0 Å². The summed E-state index contributed by atoms with van der Waals surface area (Å²) < 4.78 is 5.51. The molecular weight excluding hydrogens is 204 g/mol. The molecule has 1 rings (SSSR count). The molecule has 4 nitrogen and oxygen atoms in total. The highest BCUT2D eigenvalue weighted by molar-refractivity contribution is 5.91. The summed E-state index contributed by atoms with van der Waals surface area (Å²) in [6, 6.07) is 1.81. The van der Waals surface area contributed by atoms with Crippen molar-refractivity contribution in [3.8, 4) is 0 Å². The first kappa shape index (κ1) is 12.8. The van der Waals surface area contributed by atoms with Gasteiger partial charge in [0.2, 0.25) is 0 Å². The number of carbonyl (C=O) groups excluding carboxylic acids is 1. The summed E-state index contributed by atoms with van der Waals surface area (Å²) in [4.78, 5) is 13.6. The minimum absolute atomic E-state index is 0.0167. The van der Waals surface area contributed by atoms with Gasteiger partial charge in [0.25, 0.3) is 5.91 Å². The number of nitrogens with two attached hydrogens (primary N) is 1. The van der Waals surface area contributed by atoms with Gasteiger partial charge in [-0.2, -0.15) is 0 Å². The van der Waals surface area contributed by atoms with Crippen molar-refractivity contribution in [3.63, 3.8) is 0 Å². The topological polar surface area (TPSA) is 59.5 Å². The molecule has 0 aliphatic rings.